The molecular weight excluding hydrogens is 314 g/mol. The number of hydrogen-bond acceptors (Lipinski definition) is 5. The second kappa shape index (κ2) is 6.23. The molecular formula is C17H22ClN3O2. The molecule has 0 aliphatic carbocycles. The zero-order valence-corrected chi connectivity index (χ0v) is 14.3. The van der Waals surface area contributed by atoms with Gasteiger partial charge in [0.1, 0.15) is 0 Å². The van der Waals surface area contributed by atoms with Gasteiger partial charge in [-0.1, -0.05) is 35.0 Å². The first kappa shape index (κ1) is 16.4. The van der Waals surface area contributed by atoms with Gasteiger partial charge in [-0.15, -0.1) is 0 Å². The van der Waals surface area contributed by atoms with E-state index in [0.29, 0.717) is 36.3 Å². The van der Waals surface area contributed by atoms with Crippen LogP contribution in [0.3, 0.4) is 0 Å². The molecule has 0 radical (unpaired) electrons. The highest BCUT2D eigenvalue weighted by Crippen LogP contribution is 2.35. The van der Waals surface area contributed by atoms with Crippen molar-refractivity contribution in [2.24, 2.45) is 11.1 Å². The molecule has 1 aromatic heterocycles. The van der Waals surface area contributed by atoms with E-state index in [0.717, 1.165) is 18.6 Å². The molecule has 2 N–H and O–H groups in total. The van der Waals surface area contributed by atoms with Crippen molar-refractivity contribution in [3.8, 4) is 0 Å². The van der Waals surface area contributed by atoms with E-state index >= 15 is 0 Å². The molecule has 1 aliphatic heterocycles. The van der Waals surface area contributed by atoms with E-state index in [4.69, 9.17) is 26.6 Å². The first-order valence-corrected chi connectivity index (χ1v) is 8.21. The van der Waals surface area contributed by atoms with Crippen LogP contribution in [0.25, 0.3) is 0 Å². The molecule has 1 aromatic carbocycles. The summed E-state index contributed by atoms with van der Waals surface area (Å²) in [6.07, 6.45) is 1.57. The summed E-state index contributed by atoms with van der Waals surface area (Å²) in [7, 11) is 0. The van der Waals surface area contributed by atoms with Crippen LogP contribution in [0.2, 0.25) is 5.02 Å². The van der Waals surface area contributed by atoms with Crippen molar-refractivity contribution in [1.29, 1.82) is 0 Å². The van der Waals surface area contributed by atoms with Gasteiger partial charge in [-0.05, 0) is 31.9 Å². The summed E-state index contributed by atoms with van der Waals surface area (Å²) in [6.45, 7) is 6.03. The molecule has 1 aliphatic rings. The Hall–Kier alpha value is -1.43. The molecule has 1 fully saturated rings. The average molecular weight is 336 g/mol. The van der Waals surface area contributed by atoms with Crippen molar-refractivity contribution in [3.05, 3.63) is 46.6 Å². The summed E-state index contributed by atoms with van der Waals surface area (Å²) < 4.78 is 11.0. The van der Waals surface area contributed by atoms with E-state index in [1.54, 1.807) is 0 Å². The Kier molecular flexibility index (Phi) is 4.45. The van der Waals surface area contributed by atoms with Crippen molar-refractivity contribution in [2.75, 3.05) is 19.8 Å². The predicted octanol–water partition coefficient (Wildman–Crippen LogP) is 2.96. The summed E-state index contributed by atoms with van der Waals surface area (Å²) in [4.78, 5) is 4.61. The number of hydrogen-bond donors (Lipinski definition) is 1. The molecule has 23 heavy (non-hydrogen) atoms. The highest BCUT2D eigenvalue weighted by atomic mass is 35.5. The average Bonchev–Trinajstić information content (AvgIpc) is 3.18. The first-order chi connectivity index (χ1) is 11.0. The van der Waals surface area contributed by atoms with Crippen LogP contribution in [0.15, 0.2) is 28.8 Å². The van der Waals surface area contributed by atoms with E-state index in [-0.39, 0.29) is 5.41 Å². The largest absolute Gasteiger partial charge is 0.381 e. The van der Waals surface area contributed by atoms with Crippen LogP contribution in [-0.2, 0) is 16.6 Å². The normalized spacial score (nSPS) is 21.7. The fourth-order valence-corrected chi connectivity index (χ4v) is 3.38. The highest BCUT2D eigenvalue weighted by molar-refractivity contribution is 6.31. The van der Waals surface area contributed by atoms with Crippen LogP contribution in [0, 0.1) is 5.41 Å². The Balaban J connectivity index is 1.85. The van der Waals surface area contributed by atoms with E-state index in [1.807, 2.05) is 38.1 Å². The lowest BCUT2D eigenvalue weighted by molar-refractivity contribution is 0.148. The van der Waals surface area contributed by atoms with Gasteiger partial charge in [0.25, 0.3) is 0 Å². The van der Waals surface area contributed by atoms with E-state index in [1.165, 1.54) is 0 Å². The number of halogens is 1. The van der Waals surface area contributed by atoms with Gasteiger partial charge >= 0.3 is 0 Å². The maximum Gasteiger partial charge on any atom is 0.227 e. The first-order valence-electron chi connectivity index (χ1n) is 7.83. The van der Waals surface area contributed by atoms with Gasteiger partial charge in [-0.2, -0.15) is 4.98 Å². The molecule has 6 heteroatoms. The van der Waals surface area contributed by atoms with Crippen LogP contribution in [0.4, 0.5) is 0 Å². The van der Waals surface area contributed by atoms with Gasteiger partial charge in [-0.3, -0.25) is 0 Å². The Labute approximate surface area is 141 Å². The van der Waals surface area contributed by atoms with E-state index in [9.17, 15) is 0 Å². The fraction of sp³-hybridized carbons (Fsp3) is 0.529. The maximum atomic E-state index is 6.33. The van der Waals surface area contributed by atoms with Gasteiger partial charge in [0.2, 0.25) is 5.89 Å². The van der Waals surface area contributed by atoms with Crippen LogP contribution in [0.1, 0.15) is 37.5 Å². The smallest absolute Gasteiger partial charge is 0.227 e. The Morgan fingerprint density at radius 2 is 2.13 bits per heavy atom. The SMILES string of the molecule is CC(C)(c1noc(CC2(CN)CCOC2)n1)c1ccccc1Cl. The number of nitrogens with zero attached hydrogens (tertiary/aromatic N) is 2. The highest BCUT2D eigenvalue weighted by Gasteiger charge is 2.37. The van der Waals surface area contributed by atoms with Crippen molar-refractivity contribution >= 4 is 11.6 Å². The summed E-state index contributed by atoms with van der Waals surface area (Å²) in [5.41, 5.74) is 6.40. The molecule has 0 bridgehead atoms. The standard InChI is InChI=1S/C17H22ClN3O2/c1-16(2,12-5-3-4-6-13(12)18)15-20-14(23-21-15)9-17(10-19)7-8-22-11-17/h3-6H,7-11,19H2,1-2H3. The zero-order valence-electron chi connectivity index (χ0n) is 13.5. The van der Waals surface area contributed by atoms with Crippen molar-refractivity contribution in [3.63, 3.8) is 0 Å². The fourth-order valence-electron chi connectivity index (χ4n) is 3.01. The number of aromatic nitrogens is 2. The van der Waals surface area contributed by atoms with Gasteiger partial charge in [0.05, 0.1) is 12.0 Å². The van der Waals surface area contributed by atoms with Crippen LogP contribution in [0.5, 0.6) is 0 Å². The number of ether oxygens (including phenoxy) is 1. The lowest BCUT2D eigenvalue weighted by atomic mass is 9.83. The third kappa shape index (κ3) is 3.13. The summed E-state index contributed by atoms with van der Waals surface area (Å²) >= 11 is 6.33. The Morgan fingerprint density at radius 1 is 1.35 bits per heavy atom. The molecule has 1 atom stereocenters. The monoisotopic (exact) mass is 335 g/mol. The lowest BCUT2D eigenvalue weighted by Crippen LogP contribution is -2.33. The van der Waals surface area contributed by atoms with Crippen LogP contribution in [-0.4, -0.2) is 29.9 Å². The molecule has 0 spiro atoms. The predicted molar refractivity (Wildman–Crippen MR) is 88.5 cm³/mol. The van der Waals surface area contributed by atoms with Crippen molar-refractivity contribution in [2.45, 2.75) is 32.1 Å². The minimum Gasteiger partial charge on any atom is -0.381 e. The summed E-state index contributed by atoms with van der Waals surface area (Å²) in [5.74, 6) is 1.24. The maximum absolute atomic E-state index is 6.33. The molecule has 1 unspecified atom stereocenters. The van der Waals surface area contributed by atoms with Gasteiger partial charge < -0.3 is 15.0 Å². The third-order valence-corrected chi connectivity index (χ3v) is 5.05. The second-order valence-corrected chi connectivity index (χ2v) is 7.21. The van der Waals surface area contributed by atoms with Crippen molar-refractivity contribution in [1.82, 2.24) is 10.1 Å². The van der Waals surface area contributed by atoms with E-state index in [2.05, 4.69) is 10.1 Å². The number of nitrogens with two attached hydrogens (primary N) is 1. The second-order valence-electron chi connectivity index (χ2n) is 6.80. The van der Waals surface area contributed by atoms with Crippen LogP contribution >= 0.6 is 11.6 Å². The van der Waals surface area contributed by atoms with Crippen LogP contribution < -0.4 is 5.73 Å². The molecule has 3 rings (SSSR count). The minimum absolute atomic E-state index is 0.0850. The topological polar surface area (TPSA) is 74.2 Å². The molecule has 1 saturated heterocycles. The molecule has 0 saturated carbocycles. The van der Waals surface area contributed by atoms with E-state index < -0.39 is 5.41 Å². The molecule has 0 amide bonds. The summed E-state index contributed by atoms with van der Waals surface area (Å²) in [6, 6.07) is 7.74. The van der Waals surface area contributed by atoms with Gasteiger partial charge in [-0.25, -0.2) is 0 Å². The Morgan fingerprint density at radius 3 is 2.78 bits per heavy atom. The van der Waals surface area contributed by atoms with Gasteiger partial charge in [0.15, 0.2) is 5.82 Å². The number of rotatable bonds is 5. The minimum atomic E-state index is -0.428. The number of benzene rings is 1. The molecule has 2 heterocycles. The zero-order chi connectivity index (χ0) is 16.5. The quantitative estimate of drug-likeness (QED) is 0.909. The molecule has 5 nitrogen and oxygen atoms in total. The lowest BCUT2D eigenvalue weighted by Gasteiger charge is -2.23. The Bertz CT molecular complexity index is 678. The molecule has 2 aromatic rings. The summed E-state index contributed by atoms with van der Waals surface area (Å²) in [5, 5.41) is 4.89. The van der Waals surface area contributed by atoms with Gasteiger partial charge in [0, 0.05) is 30.0 Å². The van der Waals surface area contributed by atoms with Crippen molar-refractivity contribution < 1.29 is 9.26 Å². The molecule has 124 valence electrons. The third-order valence-electron chi connectivity index (χ3n) is 4.72.